The first-order chi connectivity index (χ1) is 10.7. The number of aromatic amines is 1. The minimum absolute atomic E-state index is 0.444. The number of H-pyrrole nitrogens is 1. The van der Waals surface area contributed by atoms with E-state index in [-0.39, 0.29) is 0 Å². The maximum absolute atomic E-state index is 5.22. The molecule has 0 unspecified atom stereocenters. The Morgan fingerprint density at radius 3 is 3.00 bits per heavy atom. The van der Waals surface area contributed by atoms with Crippen molar-refractivity contribution in [3.8, 4) is 11.4 Å². The molecule has 22 heavy (non-hydrogen) atoms. The van der Waals surface area contributed by atoms with Crippen LogP contribution in [0, 0.1) is 11.7 Å². The Morgan fingerprint density at radius 2 is 2.23 bits per heavy atom. The fraction of sp³-hybridized carbons (Fsp3) is 0.0625. The Labute approximate surface area is 132 Å². The summed E-state index contributed by atoms with van der Waals surface area (Å²) in [6, 6.07) is 11.7. The van der Waals surface area contributed by atoms with Gasteiger partial charge in [0.2, 0.25) is 4.77 Å². The monoisotopic (exact) mass is 310 g/mol. The summed E-state index contributed by atoms with van der Waals surface area (Å²) in [7, 11) is 0. The Hall–Kier alpha value is -2.73. The van der Waals surface area contributed by atoms with Gasteiger partial charge in [0.25, 0.3) is 0 Å². The first-order valence-corrected chi connectivity index (χ1v) is 7.14. The van der Waals surface area contributed by atoms with Crippen molar-refractivity contribution in [1.29, 1.82) is 0 Å². The molecule has 3 aromatic rings. The van der Waals surface area contributed by atoms with Crippen LogP contribution in [-0.4, -0.2) is 21.1 Å². The molecule has 0 aliphatic rings. The number of nitrogens with one attached hydrogen (secondary N) is 1. The van der Waals surface area contributed by atoms with Crippen LogP contribution in [0.4, 0.5) is 0 Å². The van der Waals surface area contributed by atoms with Crippen LogP contribution in [0.15, 0.2) is 58.3 Å². The van der Waals surface area contributed by atoms with Crippen LogP contribution in [0.5, 0.6) is 0 Å². The Kier molecular flexibility index (Phi) is 4.11. The van der Waals surface area contributed by atoms with Crippen molar-refractivity contribution in [2.45, 2.75) is 6.92 Å². The second-order valence-electron chi connectivity index (χ2n) is 4.67. The first kappa shape index (κ1) is 14.2. The van der Waals surface area contributed by atoms with Gasteiger partial charge >= 0.3 is 0 Å². The van der Waals surface area contributed by atoms with Crippen LogP contribution in [0.1, 0.15) is 11.3 Å². The highest BCUT2D eigenvalue weighted by molar-refractivity contribution is 7.71. The molecule has 1 N–H and O–H groups in total. The summed E-state index contributed by atoms with van der Waals surface area (Å²) in [5, 5.41) is 11.4. The fourth-order valence-electron chi connectivity index (χ4n) is 2.00. The molecule has 0 saturated heterocycles. The molecule has 5 nitrogen and oxygen atoms in total. The van der Waals surface area contributed by atoms with Crippen molar-refractivity contribution in [3.63, 3.8) is 0 Å². The molecule has 1 aromatic carbocycles. The number of furan rings is 1. The highest BCUT2D eigenvalue weighted by Crippen LogP contribution is 2.18. The first-order valence-electron chi connectivity index (χ1n) is 6.73. The molecule has 2 heterocycles. The van der Waals surface area contributed by atoms with Gasteiger partial charge in [-0.2, -0.15) is 14.9 Å². The summed E-state index contributed by atoms with van der Waals surface area (Å²) in [6.07, 6.45) is 6.87. The molecular formula is C16H14N4OS. The predicted octanol–water partition coefficient (Wildman–Crippen LogP) is 4.06. The average Bonchev–Trinajstić information content (AvgIpc) is 3.14. The van der Waals surface area contributed by atoms with E-state index in [0.717, 1.165) is 16.9 Å². The largest absolute Gasteiger partial charge is 0.465 e. The Morgan fingerprint density at radius 1 is 1.32 bits per heavy atom. The van der Waals surface area contributed by atoms with Gasteiger partial charge in [0.1, 0.15) is 5.76 Å². The number of hydrogen-bond acceptors (Lipinski definition) is 4. The Balaban J connectivity index is 1.88. The minimum atomic E-state index is 0.444. The maximum atomic E-state index is 5.22. The third-order valence-electron chi connectivity index (χ3n) is 3.00. The number of benzene rings is 1. The summed E-state index contributed by atoms with van der Waals surface area (Å²) >= 11 is 5.22. The summed E-state index contributed by atoms with van der Waals surface area (Å²) in [5.74, 6) is 1.44. The molecule has 0 saturated carbocycles. The molecule has 3 rings (SSSR count). The molecule has 110 valence electrons. The topological polar surface area (TPSA) is 59.1 Å². The van der Waals surface area contributed by atoms with E-state index in [2.05, 4.69) is 15.3 Å². The molecule has 0 fully saturated rings. The van der Waals surface area contributed by atoms with E-state index in [9.17, 15) is 0 Å². The van der Waals surface area contributed by atoms with Gasteiger partial charge in [-0.3, -0.25) is 0 Å². The van der Waals surface area contributed by atoms with E-state index in [1.165, 1.54) is 0 Å². The van der Waals surface area contributed by atoms with E-state index in [1.807, 2.05) is 49.4 Å². The van der Waals surface area contributed by atoms with Crippen LogP contribution in [0.2, 0.25) is 0 Å². The van der Waals surface area contributed by atoms with Crippen LogP contribution in [0.3, 0.4) is 0 Å². The summed E-state index contributed by atoms with van der Waals surface area (Å²) in [4.78, 5) is 0. The molecule has 0 atom stereocenters. The van der Waals surface area contributed by atoms with Crippen LogP contribution in [-0.2, 0) is 0 Å². The van der Waals surface area contributed by atoms with Crippen molar-refractivity contribution < 1.29 is 4.42 Å². The quantitative estimate of drug-likeness (QED) is 0.584. The summed E-state index contributed by atoms with van der Waals surface area (Å²) in [5.41, 5.74) is 2.11. The van der Waals surface area contributed by atoms with Gasteiger partial charge in [-0.25, -0.2) is 5.10 Å². The third kappa shape index (κ3) is 3.12. The van der Waals surface area contributed by atoms with Crippen LogP contribution < -0.4 is 0 Å². The average molecular weight is 310 g/mol. The van der Waals surface area contributed by atoms with E-state index >= 15 is 0 Å². The molecule has 0 bridgehead atoms. The van der Waals surface area contributed by atoms with Crippen LogP contribution in [0.25, 0.3) is 17.5 Å². The number of aryl methyl sites for hydroxylation is 1. The lowest BCUT2D eigenvalue weighted by Crippen LogP contribution is -1.93. The zero-order valence-corrected chi connectivity index (χ0v) is 12.7. The van der Waals surface area contributed by atoms with Gasteiger partial charge in [-0.15, -0.1) is 0 Å². The highest BCUT2D eigenvalue weighted by Gasteiger charge is 2.07. The lowest BCUT2D eigenvalue weighted by Gasteiger charge is -2.01. The van der Waals surface area contributed by atoms with E-state index in [1.54, 1.807) is 23.2 Å². The van der Waals surface area contributed by atoms with Gasteiger partial charge in [-0.05, 0) is 49.5 Å². The van der Waals surface area contributed by atoms with Gasteiger partial charge in [0.05, 0.1) is 6.26 Å². The van der Waals surface area contributed by atoms with Crippen molar-refractivity contribution >= 4 is 24.5 Å². The number of rotatable bonds is 4. The van der Waals surface area contributed by atoms with Crippen molar-refractivity contribution in [2.24, 2.45) is 5.10 Å². The zero-order chi connectivity index (χ0) is 15.4. The number of nitrogens with zero attached hydrogens (tertiary/aromatic N) is 3. The minimum Gasteiger partial charge on any atom is -0.465 e. The third-order valence-corrected chi connectivity index (χ3v) is 3.26. The lowest BCUT2D eigenvalue weighted by atomic mass is 10.1. The van der Waals surface area contributed by atoms with Crippen molar-refractivity contribution in [3.05, 3.63) is 64.8 Å². The normalized spacial score (nSPS) is 11.7. The highest BCUT2D eigenvalue weighted by atomic mass is 32.1. The van der Waals surface area contributed by atoms with Crippen molar-refractivity contribution in [1.82, 2.24) is 14.9 Å². The molecule has 2 aromatic heterocycles. The molecule has 0 aliphatic heterocycles. The van der Waals surface area contributed by atoms with Gasteiger partial charge in [-0.1, -0.05) is 23.8 Å². The van der Waals surface area contributed by atoms with E-state index in [4.69, 9.17) is 16.6 Å². The van der Waals surface area contributed by atoms with Gasteiger partial charge in [0, 0.05) is 11.8 Å². The second kappa shape index (κ2) is 6.36. The van der Waals surface area contributed by atoms with Crippen LogP contribution >= 0.6 is 12.2 Å². The fourth-order valence-corrected chi connectivity index (χ4v) is 2.18. The molecule has 0 spiro atoms. The standard InChI is InChI=1S/C16H14N4OS/c1-12-5-2-6-13(11-12)15-18-19-16(22)20(15)17-9-3-7-14-8-4-10-21-14/h2-11H,1H3,(H,19,22). The molecule has 0 aliphatic carbocycles. The molecular weight excluding hydrogens is 296 g/mol. The zero-order valence-electron chi connectivity index (χ0n) is 11.9. The van der Waals surface area contributed by atoms with Gasteiger partial charge < -0.3 is 4.42 Å². The molecule has 6 heteroatoms. The van der Waals surface area contributed by atoms with Gasteiger partial charge in [0.15, 0.2) is 5.82 Å². The van der Waals surface area contributed by atoms with E-state index in [0.29, 0.717) is 10.6 Å². The second-order valence-corrected chi connectivity index (χ2v) is 5.06. The molecule has 0 radical (unpaired) electrons. The molecule has 0 amide bonds. The lowest BCUT2D eigenvalue weighted by molar-refractivity contribution is 0.557. The SMILES string of the molecule is Cc1cccc(-c2n[nH]c(=S)n2N=CC=Cc2ccco2)c1. The predicted molar refractivity (Wildman–Crippen MR) is 89.2 cm³/mol. The smallest absolute Gasteiger partial charge is 0.216 e. The Bertz CT molecular complexity index is 872. The number of hydrogen-bond donors (Lipinski definition) is 1. The summed E-state index contributed by atoms with van der Waals surface area (Å²) in [6.45, 7) is 2.03. The van der Waals surface area contributed by atoms with E-state index < -0.39 is 0 Å². The number of aromatic nitrogens is 3. The number of allylic oxidation sites excluding steroid dienone is 1. The van der Waals surface area contributed by atoms with Crippen molar-refractivity contribution in [2.75, 3.05) is 0 Å². The maximum Gasteiger partial charge on any atom is 0.216 e. The summed E-state index contributed by atoms with van der Waals surface area (Å²) < 4.78 is 7.24.